The molecule has 172 valence electrons. The monoisotopic (exact) mass is 413 g/mol. The summed E-state index contributed by atoms with van der Waals surface area (Å²) in [6.07, 6.45) is 21.5. The fourth-order valence-electron chi connectivity index (χ4n) is 3.73. The normalized spacial score (nSPS) is 11.2. The SMILES string of the molecule is CCCCCCCCCCCCCCCCCCN(CCC(=O)O)CCC(=O)O. The number of unbranched alkanes of at least 4 members (excludes halogenated alkanes) is 15. The average Bonchev–Trinajstić information content (AvgIpc) is 2.68. The second-order valence-electron chi connectivity index (χ2n) is 8.43. The van der Waals surface area contributed by atoms with Crippen molar-refractivity contribution in [3.63, 3.8) is 0 Å². The molecule has 0 saturated carbocycles. The summed E-state index contributed by atoms with van der Waals surface area (Å²) < 4.78 is 0. The largest absolute Gasteiger partial charge is 0.481 e. The lowest BCUT2D eigenvalue weighted by atomic mass is 10.0. The third-order valence-corrected chi connectivity index (χ3v) is 5.61. The second-order valence-corrected chi connectivity index (χ2v) is 8.43. The van der Waals surface area contributed by atoms with Gasteiger partial charge in [0.25, 0.3) is 0 Å². The fourth-order valence-corrected chi connectivity index (χ4v) is 3.73. The predicted octanol–water partition coefficient (Wildman–Crippen LogP) is 6.50. The minimum absolute atomic E-state index is 0.0818. The van der Waals surface area contributed by atoms with Gasteiger partial charge in [0.1, 0.15) is 0 Å². The molecule has 0 radical (unpaired) electrons. The third-order valence-electron chi connectivity index (χ3n) is 5.61. The minimum Gasteiger partial charge on any atom is -0.481 e. The summed E-state index contributed by atoms with van der Waals surface area (Å²) in [5.41, 5.74) is 0. The van der Waals surface area contributed by atoms with Crippen molar-refractivity contribution < 1.29 is 19.8 Å². The minimum atomic E-state index is -0.822. The Morgan fingerprint density at radius 3 is 1.14 bits per heavy atom. The molecule has 0 amide bonds. The molecule has 29 heavy (non-hydrogen) atoms. The van der Waals surface area contributed by atoms with Gasteiger partial charge >= 0.3 is 11.9 Å². The van der Waals surface area contributed by atoms with Gasteiger partial charge in [0.15, 0.2) is 0 Å². The Labute approximate surface area is 179 Å². The van der Waals surface area contributed by atoms with Crippen LogP contribution in [0.2, 0.25) is 0 Å². The van der Waals surface area contributed by atoms with Gasteiger partial charge in [0.05, 0.1) is 12.8 Å². The van der Waals surface area contributed by atoms with Gasteiger partial charge in [-0.2, -0.15) is 0 Å². The van der Waals surface area contributed by atoms with E-state index in [1.165, 1.54) is 89.9 Å². The molecule has 0 aromatic carbocycles. The Bertz CT molecular complexity index is 369. The van der Waals surface area contributed by atoms with Crippen LogP contribution in [-0.4, -0.2) is 46.7 Å². The molecule has 0 bridgehead atoms. The zero-order valence-electron chi connectivity index (χ0n) is 19.0. The van der Waals surface area contributed by atoms with Gasteiger partial charge in [-0.15, -0.1) is 0 Å². The quantitative estimate of drug-likeness (QED) is 0.187. The summed E-state index contributed by atoms with van der Waals surface area (Å²) in [5, 5.41) is 17.6. The van der Waals surface area contributed by atoms with E-state index < -0.39 is 11.9 Å². The van der Waals surface area contributed by atoms with Gasteiger partial charge < -0.3 is 15.1 Å². The highest BCUT2D eigenvalue weighted by molar-refractivity contribution is 5.67. The number of hydrogen-bond acceptors (Lipinski definition) is 3. The molecular formula is C24H47NO4. The van der Waals surface area contributed by atoms with Crippen LogP contribution >= 0.6 is 0 Å². The Balaban J connectivity index is 3.42. The zero-order chi connectivity index (χ0) is 21.6. The molecule has 0 aliphatic heterocycles. The molecule has 0 aliphatic rings. The van der Waals surface area contributed by atoms with E-state index in [9.17, 15) is 9.59 Å². The third kappa shape index (κ3) is 23.0. The lowest BCUT2D eigenvalue weighted by molar-refractivity contribution is -0.137. The maximum Gasteiger partial charge on any atom is 0.304 e. The summed E-state index contributed by atoms with van der Waals surface area (Å²) in [7, 11) is 0. The second kappa shape index (κ2) is 21.6. The van der Waals surface area contributed by atoms with Crippen molar-refractivity contribution in [3.05, 3.63) is 0 Å². The first-order valence-corrected chi connectivity index (χ1v) is 12.2. The average molecular weight is 414 g/mol. The highest BCUT2D eigenvalue weighted by Gasteiger charge is 2.09. The van der Waals surface area contributed by atoms with E-state index in [-0.39, 0.29) is 12.8 Å². The highest BCUT2D eigenvalue weighted by atomic mass is 16.4. The molecule has 5 heteroatoms. The van der Waals surface area contributed by atoms with Crippen LogP contribution in [-0.2, 0) is 9.59 Å². The van der Waals surface area contributed by atoms with Crippen molar-refractivity contribution in [3.8, 4) is 0 Å². The maximum atomic E-state index is 10.7. The van der Waals surface area contributed by atoms with Crippen molar-refractivity contribution in [1.82, 2.24) is 4.90 Å². The van der Waals surface area contributed by atoms with Crippen molar-refractivity contribution in [2.24, 2.45) is 0 Å². The van der Waals surface area contributed by atoms with Gasteiger partial charge in [0, 0.05) is 13.1 Å². The highest BCUT2D eigenvalue weighted by Crippen LogP contribution is 2.14. The lowest BCUT2D eigenvalue weighted by Gasteiger charge is -2.20. The number of nitrogens with zero attached hydrogens (tertiary/aromatic N) is 1. The number of aliphatic carboxylic acids is 2. The Hall–Kier alpha value is -1.10. The first-order valence-electron chi connectivity index (χ1n) is 12.2. The molecule has 0 aliphatic carbocycles. The molecule has 0 aromatic rings. The molecular weight excluding hydrogens is 366 g/mol. The summed E-state index contributed by atoms with van der Waals surface area (Å²) >= 11 is 0. The topological polar surface area (TPSA) is 77.8 Å². The molecule has 5 nitrogen and oxygen atoms in total. The first-order chi connectivity index (χ1) is 14.1. The standard InChI is InChI=1S/C24H47NO4/c1-2-3-4-5-6-7-8-9-10-11-12-13-14-15-16-17-20-25(21-18-23(26)27)22-19-24(28)29/h2-22H2,1H3,(H,26,27)(H,28,29). The maximum absolute atomic E-state index is 10.7. The summed E-state index contributed by atoms with van der Waals surface area (Å²) in [5.74, 6) is -1.64. The van der Waals surface area contributed by atoms with Crippen LogP contribution in [0.25, 0.3) is 0 Å². The zero-order valence-corrected chi connectivity index (χ0v) is 19.0. The fraction of sp³-hybridized carbons (Fsp3) is 0.917. The number of rotatable bonds is 23. The Morgan fingerprint density at radius 2 is 0.828 bits per heavy atom. The van der Waals surface area contributed by atoms with E-state index in [4.69, 9.17) is 10.2 Å². The van der Waals surface area contributed by atoms with Gasteiger partial charge in [0.2, 0.25) is 0 Å². The van der Waals surface area contributed by atoms with Crippen LogP contribution in [0.4, 0.5) is 0 Å². The van der Waals surface area contributed by atoms with E-state index >= 15 is 0 Å². The Kier molecular flexibility index (Phi) is 20.8. The molecule has 2 N–H and O–H groups in total. The molecule has 0 atom stereocenters. The van der Waals surface area contributed by atoms with Crippen molar-refractivity contribution in [1.29, 1.82) is 0 Å². The molecule has 0 spiro atoms. The van der Waals surface area contributed by atoms with Crippen LogP contribution in [0, 0.1) is 0 Å². The van der Waals surface area contributed by atoms with Crippen molar-refractivity contribution >= 4 is 11.9 Å². The van der Waals surface area contributed by atoms with Crippen LogP contribution < -0.4 is 0 Å². The van der Waals surface area contributed by atoms with E-state index in [0.29, 0.717) is 13.1 Å². The molecule has 0 aromatic heterocycles. The van der Waals surface area contributed by atoms with Gasteiger partial charge in [-0.1, -0.05) is 103 Å². The summed E-state index contributed by atoms with van der Waals surface area (Å²) in [6, 6.07) is 0. The van der Waals surface area contributed by atoms with Crippen LogP contribution in [0.5, 0.6) is 0 Å². The smallest absolute Gasteiger partial charge is 0.304 e. The van der Waals surface area contributed by atoms with Crippen LogP contribution in [0.3, 0.4) is 0 Å². The lowest BCUT2D eigenvalue weighted by Crippen LogP contribution is -2.30. The number of hydrogen-bond donors (Lipinski definition) is 2. The van der Waals surface area contributed by atoms with Gasteiger partial charge in [-0.3, -0.25) is 9.59 Å². The van der Waals surface area contributed by atoms with E-state index in [2.05, 4.69) is 6.92 Å². The van der Waals surface area contributed by atoms with Gasteiger partial charge in [-0.25, -0.2) is 0 Å². The number of carboxylic acids is 2. The summed E-state index contributed by atoms with van der Waals surface area (Å²) in [4.78, 5) is 23.4. The molecule has 0 fully saturated rings. The Morgan fingerprint density at radius 1 is 0.517 bits per heavy atom. The predicted molar refractivity (Wildman–Crippen MR) is 120 cm³/mol. The van der Waals surface area contributed by atoms with E-state index in [0.717, 1.165) is 19.4 Å². The van der Waals surface area contributed by atoms with E-state index in [1.807, 2.05) is 4.90 Å². The van der Waals surface area contributed by atoms with Crippen LogP contribution in [0.1, 0.15) is 122 Å². The molecule has 0 saturated heterocycles. The van der Waals surface area contributed by atoms with Crippen molar-refractivity contribution in [2.75, 3.05) is 19.6 Å². The van der Waals surface area contributed by atoms with Crippen LogP contribution in [0.15, 0.2) is 0 Å². The van der Waals surface area contributed by atoms with Gasteiger partial charge in [-0.05, 0) is 13.0 Å². The number of carboxylic acid groups (broad SMARTS) is 2. The number of carbonyl (C=O) groups is 2. The molecule has 0 heterocycles. The first kappa shape index (κ1) is 27.9. The molecule has 0 unspecified atom stereocenters. The van der Waals surface area contributed by atoms with Crippen molar-refractivity contribution in [2.45, 2.75) is 122 Å². The molecule has 0 rings (SSSR count). The van der Waals surface area contributed by atoms with E-state index in [1.54, 1.807) is 0 Å². The summed E-state index contributed by atoms with van der Waals surface area (Å²) in [6.45, 7) is 3.96.